The Morgan fingerprint density at radius 1 is 0.829 bits per heavy atom. The van der Waals surface area contributed by atoms with Crippen LogP contribution in [0.5, 0.6) is 23.0 Å². The van der Waals surface area contributed by atoms with Gasteiger partial charge in [-0.2, -0.15) is 0 Å². The van der Waals surface area contributed by atoms with Crippen LogP contribution in [0, 0.1) is 13.8 Å². The van der Waals surface area contributed by atoms with Gasteiger partial charge in [-0.05, 0) is 85.6 Å². The van der Waals surface area contributed by atoms with Crippen LogP contribution in [-0.2, 0) is 6.61 Å². The number of ether oxygens (including phenoxy) is 3. The molecule has 0 unspecified atom stereocenters. The molecule has 4 rings (SSSR count). The van der Waals surface area contributed by atoms with Crippen molar-refractivity contribution in [3.05, 3.63) is 112 Å². The second-order valence-electron chi connectivity index (χ2n) is 8.15. The molecule has 0 aromatic heterocycles. The highest BCUT2D eigenvalue weighted by molar-refractivity contribution is 6.31. The molecular weight excluding hydrogens is 462 g/mol. The number of anilines is 1. The van der Waals surface area contributed by atoms with Gasteiger partial charge < -0.3 is 19.5 Å². The Bertz CT molecular complexity index is 1320. The molecular formula is C29H26ClNO4. The molecule has 0 spiro atoms. The van der Waals surface area contributed by atoms with Crippen molar-refractivity contribution in [2.45, 2.75) is 20.5 Å². The number of amides is 1. The average molecular weight is 488 g/mol. The Kier molecular flexibility index (Phi) is 7.58. The second-order valence-corrected chi connectivity index (χ2v) is 8.58. The van der Waals surface area contributed by atoms with E-state index in [4.69, 9.17) is 25.8 Å². The van der Waals surface area contributed by atoms with Gasteiger partial charge in [-0.25, -0.2) is 0 Å². The number of carbonyl (C=O) groups is 1. The zero-order chi connectivity index (χ0) is 24.8. The number of methoxy groups -OCH3 is 1. The predicted octanol–water partition coefficient (Wildman–Crippen LogP) is 7.59. The van der Waals surface area contributed by atoms with Crippen LogP contribution in [0.15, 0.2) is 84.9 Å². The van der Waals surface area contributed by atoms with Crippen molar-refractivity contribution in [2.24, 2.45) is 0 Å². The highest BCUT2D eigenvalue weighted by atomic mass is 35.5. The lowest BCUT2D eigenvalue weighted by molar-refractivity contribution is 0.102. The maximum atomic E-state index is 13.2. The average Bonchev–Trinajstić information content (AvgIpc) is 2.84. The molecule has 0 bridgehead atoms. The molecule has 0 atom stereocenters. The van der Waals surface area contributed by atoms with Crippen LogP contribution in [0.4, 0.5) is 5.69 Å². The summed E-state index contributed by atoms with van der Waals surface area (Å²) in [6.45, 7) is 4.31. The van der Waals surface area contributed by atoms with Crippen LogP contribution in [0.3, 0.4) is 0 Å². The fourth-order valence-electron chi connectivity index (χ4n) is 3.71. The van der Waals surface area contributed by atoms with Crippen molar-refractivity contribution >= 4 is 23.2 Å². The van der Waals surface area contributed by atoms with Crippen LogP contribution in [0.2, 0.25) is 5.02 Å². The number of hydrogen-bond acceptors (Lipinski definition) is 4. The minimum atomic E-state index is -0.305. The molecule has 4 aromatic rings. The number of rotatable bonds is 8. The molecule has 0 aliphatic carbocycles. The molecule has 1 amide bonds. The van der Waals surface area contributed by atoms with E-state index in [9.17, 15) is 4.79 Å². The van der Waals surface area contributed by atoms with E-state index in [1.165, 1.54) is 0 Å². The normalized spacial score (nSPS) is 10.5. The number of halogens is 1. The zero-order valence-electron chi connectivity index (χ0n) is 19.8. The third kappa shape index (κ3) is 6.34. The molecule has 6 heteroatoms. The van der Waals surface area contributed by atoms with E-state index in [0.717, 1.165) is 22.4 Å². The smallest absolute Gasteiger partial charge is 0.255 e. The van der Waals surface area contributed by atoms with E-state index in [1.54, 1.807) is 43.5 Å². The van der Waals surface area contributed by atoms with Crippen molar-refractivity contribution in [3.63, 3.8) is 0 Å². The third-order valence-electron chi connectivity index (χ3n) is 5.29. The molecule has 0 heterocycles. The maximum Gasteiger partial charge on any atom is 0.255 e. The van der Waals surface area contributed by atoms with Gasteiger partial charge in [0.15, 0.2) is 5.75 Å². The second kappa shape index (κ2) is 11.0. The van der Waals surface area contributed by atoms with E-state index in [1.807, 2.05) is 56.3 Å². The molecule has 4 aromatic carbocycles. The van der Waals surface area contributed by atoms with Crippen LogP contribution in [0.25, 0.3) is 0 Å². The van der Waals surface area contributed by atoms with Crippen LogP contribution in [0.1, 0.15) is 27.0 Å². The van der Waals surface area contributed by atoms with Crippen molar-refractivity contribution in [1.29, 1.82) is 0 Å². The van der Waals surface area contributed by atoms with Crippen LogP contribution < -0.4 is 19.5 Å². The number of nitrogens with one attached hydrogen (secondary N) is 1. The van der Waals surface area contributed by atoms with Crippen molar-refractivity contribution in [1.82, 2.24) is 0 Å². The number of carbonyl (C=O) groups excluding carboxylic acids is 1. The number of aryl methyl sites for hydroxylation is 2. The van der Waals surface area contributed by atoms with Gasteiger partial charge in [0.05, 0.1) is 12.8 Å². The summed E-state index contributed by atoms with van der Waals surface area (Å²) in [5.41, 5.74) is 3.92. The Morgan fingerprint density at radius 2 is 1.54 bits per heavy atom. The topological polar surface area (TPSA) is 56.8 Å². The molecule has 0 aliphatic rings. The first kappa shape index (κ1) is 24.2. The van der Waals surface area contributed by atoms with E-state index >= 15 is 0 Å². The van der Waals surface area contributed by atoms with Gasteiger partial charge in [0.1, 0.15) is 23.9 Å². The maximum absolute atomic E-state index is 13.2. The number of para-hydroxylation sites is 1. The highest BCUT2D eigenvalue weighted by Gasteiger charge is 2.15. The molecule has 1 N–H and O–H groups in total. The lowest BCUT2D eigenvalue weighted by Crippen LogP contribution is -2.13. The Hall–Kier alpha value is -3.96. The summed E-state index contributed by atoms with van der Waals surface area (Å²) in [5.74, 6) is 2.24. The van der Waals surface area contributed by atoms with Crippen LogP contribution in [-0.4, -0.2) is 13.0 Å². The van der Waals surface area contributed by atoms with Gasteiger partial charge in [0.25, 0.3) is 5.91 Å². The number of hydrogen-bond donors (Lipinski definition) is 1. The molecule has 0 saturated heterocycles. The molecule has 0 aliphatic heterocycles. The Morgan fingerprint density at radius 3 is 2.26 bits per heavy atom. The summed E-state index contributed by atoms with van der Waals surface area (Å²) in [5, 5.41) is 3.40. The lowest BCUT2D eigenvalue weighted by atomic mass is 10.1. The fourth-order valence-corrected chi connectivity index (χ4v) is 3.88. The summed E-state index contributed by atoms with van der Waals surface area (Å²) >= 11 is 6.20. The van der Waals surface area contributed by atoms with E-state index in [-0.39, 0.29) is 12.5 Å². The quantitative estimate of drug-likeness (QED) is 0.278. The van der Waals surface area contributed by atoms with Gasteiger partial charge in [-0.1, -0.05) is 35.9 Å². The molecule has 35 heavy (non-hydrogen) atoms. The van der Waals surface area contributed by atoms with Crippen molar-refractivity contribution in [2.75, 3.05) is 12.4 Å². The summed E-state index contributed by atoms with van der Waals surface area (Å²) in [6, 6.07) is 25.7. The van der Waals surface area contributed by atoms with Crippen LogP contribution >= 0.6 is 11.6 Å². The van der Waals surface area contributed by atoms with Crippen molar-refractivity contribution in [3.8, 4) is 23.0 Å². The van der Waals surface area contributed by atoms with Crippen molar-refractivity contribution < 1.29 is 19.0 Å². The summed E-state index contributed by atoms with van der Waals surface area (Å²) in [4.78, 5) is 13.2. The first-order valence-electron chi connectivity index (χ1n) is 11.1. The first-order valence-corrected chi connectivity index (χ1v) is 11.5. The summed E-state index contributed by atoms with van der Waals surface area (Å²) in [7, 11) is 1.59. The molecule has 0 radical (unpaired) electrons. The standard InChI is InChI=1S/C29H26ClNO4/c1-19-13-20(2)15-25(14-19)34-18-22-16-21(9-11-27(22)33-3)29(32)31-26-17-23(30)10-12-28(26)35-24-7-5-4-6-8-24/h4-17H,18H2,1-3H3,(H,31,32). The zero-order valence-corrected chi connectivity index (χ0v) is 20.6. The SMILES string of the molecule is COc1ccc(C(=O)Nc2cc(Cl)ccc2Oc2ccccc2)cc1COc1cc(C)cc(C)c1. The Labute approximate surface area is 210 Å². The molecule has 5 nitrogen and oxygen atoms in total. The van der Waals surface area contributed by atoms with Gasteiger partial charge in [-0.15, -0.1) is 0 Å². The minimum Gasteiger partial charge on any atom is -0.496 e. The first-order chi connectivity index (χ1) is 16.9. The Balaban J connectivity index is 1.54. The molecule has 0 fully saturated rings. The van der Waals surface area contributed by atoms with Gasteiger partial charge in [-0.3, -0.25) is 4.79 Å². The summed E-state index contributed by atoms with van der Waals surface area (Å²) in [6.07, 6.45) is 0. The monoisotopic (exact) mass is 487 g/mol. The third-order valence-corrected chi connectivity index (χ3v) is 5.53. The van der Waals surface area contributed by atoms with E-state index in [2.05, 4.69) is 11.4 Å². The largest absolute Gasteiger partial charge is 0.496 e. The van der Waals surface area contributed by atoms with Gasteiger partial charge in [0, 0.05) is 16.1 Å². The minimum absolute atomic E-state index is 0.257. The molecule has 178 valence electrons. The lowest BCUT2D eigenvalue weighted by Gasteiger charge is -2.15. The highest BCUT2D eigenvalue weighted by Crippen LogP contribution is 2.33. The van der Waals surface area contributed by atoms with E-state index in [0.29, 0.717) is 33.5 Å². The predicted molar refractivity (Wildman–Crippen MR) is 139 cm³/mol. The van der Waals surface area contributed by atoms with Gasteiger partial charge >= 0.3 is 0 Å². The molecule has 0 saturated carbocycles. The number of benzene rings is 4. The summed E-state index contributed by atoms with van der Waals surface area (Å²) < 4.78 is 17.4. The van der Waals surface area contributed by atoms with E-state index < -0.39 is 0 Å². The fraction of sp³-hybridized carbons (Fsp3) is 0.138. The van der Waals surface area contributed by atoms with Gasteiger partial charge in [0.2, 0.25) is 0 Å².